The lowest BCUT2D eigenvalue weighted by atomic mass is 9.89. The predicted octanol–water partition coefficient (Wildman–Crippen LogP) is 5.52. The van der Waals surface area contributed by atoms with E-state index in [1.54, 1.807) is 30.3 Å². The number of rotatable bonds is 4. The second-order valence-electron chi connectivity index (χ2n) is 6.68. The van der Waals surface area contributed by atoms with Crippen LogP contribution in [0.25, 0.3) is 0 Å². The van der Waals surface area contributed by atoms with Crippen LogP contribution in [0.3, 0.4) is 0 Å². The molecule has 0 amide bonds. The molecule has 8 heteroatoms. The summed E-state index contributed by atoms with van der Waals surface area (Å²) in [5.41, 5.74) is -4.80. The molecule has 0 saturated carbocycles. The lowest BCUT2D eigenvalue weighted by Gasteiger charge is -2.43. The summed E-state index contributed by atoms with van der Waals surface area (Å²) < 4.78 is 88.9. The molecule has 3 rings (SSSR count). The fourth-order valence-corrected chi connectivity index (χ4v) is 3.57. The van der Waals surface area contributed by atoms with E-state index in [1.165, 1.54) is 6.07 Å². The van der Waals surface area contributed by atoms with E-state index in [2.05, 4.69) is 5.32 Å². The Morgan fingerprint density at radius 3 is 1.86 bits per heavy atom. The molecule has 2 aromatic rings. The zero-order chi connectivity index (χ0) is 20.4. The normalized spacial score (nSPS) is 21.5. The van der Waals surface area contributed by atoms with Gasteiger partial charge in [-0.3, -0.25) is 0 Å². The SMILES string of the molecule is FC(F)(F)C(OC1CCCNC1c1ccccc1)(c1ccccc1)C(F)(F)F. The Hall–Kier alpha value is -2.06. The van der Waals surface area contributed by atoms with Crippen molar-refractivity contribution in [3.63, 3.8) is 0 Å². The fraction of sp³-hybridized carbons (Fsp3) is 0.400. The minimum atomic E-state index is -5.69. The number of hydrogen-bond acceptors (Lipinski definition) is 2. The molecule has 1 aliphatic heterocycles. The van der Waals surface area contributed by atoms with Gasteiger partial charge in [-0.2, -0.15) is 26.3 Å². The summed E-state index contributed by atoms with van der Waals surface area (Å²) in [5, 5.41) is 3.00. The predicted molar refractivity (Wildman–Crippen MR) is 91.5 cm³/mol. The van der Waals surface area contributed by atoms with Crippen LogP contribution in [-0.2, 0) is 10.3 Å². The van der Waals surface area contributed by atoms with Gasteiger partial charge in [0.2, 0.25) is 0 Å². The topological polar surface area (TPSA) is 21.3 Å². The molecule has 0 aromatic heterocycles. The average molecular weight is 403 g/mol. The van der Waals surface area contributed by atoms with E-state index < -0.39 is 35.7 Å². The van der Waals surface area contributed by atoms with Gasteiger partial charge in [0.25, 0.3) is 5.60 Å². The zero-order valence-electron chi connectivity index (χ0n) is 14.7. The van der Waals surface area contributed by atoms with Gasteiger partial charge in [0.05, 0.1) is 12.1 Å². The lowest BCUT2D eigenvalue weighted by molar-refractivity contribution is -0.401. The van der Waals surface area contributed by atoms with Crippen LogP contribution in [-0.4, -0.2) is 25.0 Å². The third-order valence-corrected chi connectivity index (χ3v) is 4.87. The standard InChI is InChI=1S/C20H19F6NO/c21-19(22,23)18(20(24,25)26,15-10-5-2-6-11-15)28-16-12-7-13-27-17(16)14-8-3-1-4-9-14/h1-6,8-11,16-17,27H,7,12-13H2. The Labute approximate surface area is 158 Å². The van der Waals surface area contributed by atoms with E-state index >= 15 is 0 Å². The van der Waals surface area contributed by atoms with Crippen molar-refractivity contribution in [3.05, 3.63) is 71.8 Å². The molecule has 1 aliphatic rings. The molecule has 0 radical (unpaired) electrons. The van der Waals surface area contributed by atoms with Crippen molar-refractivity contribution in [2.75, 3.05) is 6.54 Å². The van der Waals surface area contributed by atoms with Crippen LogP contribution in [0.15, 0.2) is 60.7 Å². The first-order chi connectivity index (χ1) is 13.2. The number of piperidine rings is 1. The molecule has 1 heterocycles. The van der Waals surface area contributed by atoms with Crippen LogP contribution in [0.1, 0.15) is 30.0 Å². The highest BCUT2D eigenvalue weighted by Crippen LogP contribution is 2.54. The first kappa shape index (κ1) is 20.7. The van der Waals surface area contributed by atoms with E-state index in [9.17, 15) is 26.3 Å². The molecule has 0 aliphatic carbocycles. The number of hydrogen-bond donors (Lipinski definition) is 1. The first-order valence-electron chi connectivity index (χ1n) is 8.82. The Morgan fingerprint density at radius 1 is 0.786 bits per heavy atom. The van der Waals surface area contributed by atoms with Crippen LogP contribution in [0.4, 0.5) is 26.3 Å². The molecule has 0 bridgehead atoms. The van der Waals surface area contributed by atoms with E-state index in [1.807, 2.05) is 0 Å². The van der Waals surface area contributed by atoms with Gasteiger partial charge in [-0.1, -0.05) is 60.7 Å². The molecule has 2 unspecified atom stereocenters. The molecule has 1 N–H and O–H groups in total. The Morgan fingerprint density at radius 2 is 1.32 bits per heavy atom. The molecular weight excluding hydrogens is 384 g/mol. The number of alkyl halides is 6. The molecule has 0 spiro atoms. The summed E-state index contributed by atoms with van der Waals surface area (Å²) in [6.45, 7) is 0.482. The number of ether oxygens (including phenoxy) is 1. The highest BCUT2D eigenvalue weighted by atomic mass is 19.4. The van der Waals surface area contributed by atoms with Crippen molar-refractivity contribution in [1.29, 1.82) is 0 Å². The first-order valence-corrected chi connectivity index (χ1v) is 8.82. The summed E-state index contributed by atoms with van der Waals surface area (Å²) in [4.78, 5) is 0. The number of nitrogens with one attached hydrogen (secondary N) is 1. The monoisotopic (exact) mass is 403 g/mol. The summed E-state index contributed by atoms with van der Waals surface area (Å²) in [6.07, 6.45) is -12.2. The van der Waals surface area contributed by atoms with Gasteiger partial charge in [-0.25, -0.2) is 0 Å². The van der Waals surface area contributed by atoms with Gasteiger partial charge >= 0.3 is 12.4 Å². The Kier molecular flexibility index (Phi) is 5.72. The van der Waals surface area contributed by atoms with Crippen LogP contribution in [0.5, 0.6) is 0 Å². The lowest BCUT2D eigenvalue weighted by Crippen LogP contribution is -2.59. The van der Waals surface area contributed by atoms with E-state index in [-0.39, 0.29) is 6.42 Å². The molecule has 2 aromatic carbocycles. The molecule has 2 atom stereocenters. The second kappa shape index (κ2) is 7.75. The van der Waals surface area contributed by atoms with E-state index in [4.69, 9.17) is 4.74 Å². The Bertz CT molecular complexity index is 746. The van der Waals surface area contributed by atoms with Crippen molar-refractivity contribution in [1.82, 2.24) is 5.32 Å². The number of benzene rings is 2. The van der Waals surface area contributed by atoms with Crippen molar-refractivity contribution in [3.8, 4) is 0 Å². The maximum Gasteiger partial charge on any atom is 0.430 e. The summed E-state index contributed by atoms with van der Waals surface area (Å²) >= 11 is 0. The van der Waals surface area contributed by atoms with Crippen molar-refractivity contribution in [2.45, 2.75) is 42.9 Å². The number of halogens is 6. The van der Waals surface area contributed by atoms with E-state index in [0.717, 1.165) is 24.3 Å². The Balaban J connectivity index is 2.08. The second-order valence-corrected chi connectivity index (χ2v) is 6.68. The van der Waals surface area contributed by atoms with Crippen LogP contribution < -0.4 is 5.32 Å². The smallest absolute Gasteiger partial charge is 0.349 e. The summed E-state index contributed by atoms with van der Waals surface area (Å²) in [6, 6.07) is 12.9. The quantitative estimate of drug-likeness (QED) is 0.679. The van der Waals surface area contributed by atoms with Crippen molar-refractivity contribution in [2.24, 2.45) is 0 Å². The van der Waals surface area contributed by atoms with Crippen LogP contribution in [0, 0.1) is 0 Å². The van der Waals surface area contributed by atoms with Crippen LogP contribution >= 0.6 is 0 Å². The highest BCUT2D eigenvalue weighted by molar-refractivity contribution is 5.28. The van der Waals surface area contributed by atoms with E-state index in [0.29, 0.717) is 18.5 Å². The molecule has 152 valence electrons. The third kappa shape index (κ3) is 3.75. The molecule has 1 fully saturated rings. The van der Waals surface area contributed by atoms with Crippen molar-refractivity contribution < 1.29 is 31.1 Å². The minimum Gasteiger partial charge on any atom is -0.349 e. The molecule has 28 heavy (non-hydrogen) atoms. The largest absolute Gasteiger partial charge is 0.430 e. The highest BCUT2D eigenvalue weighted by Gasteiger charge is 2.74. The minimum absolute atomic E-state index is 0.0767. The van der Waals surface area contributed by atoms with Gasteiger partial charge < -0.3 is 10.1 Å². The fourth-order valence-electron chi connectivity index (χ4n) is 3.57. The summed E-state index contributed by atoms with van der Waals surface area (Å²) in [7, 11) is 0. The maximum atomic E-state index is 14.0. The maximum absolute atomic E-state index is 14.0. The third-order valence-electron chi connectivity index (χ3n) is 4.87. The molecule has 2 nitrogen and oxygen atoms in total. The molecular formula is C20H19F6NO. The zero-order valence-corrected chi connectivity index (χ0v) is 14.7. The van der Waals surface area contributed by atoms with Crippen LogP contribution in [0.2, 0.25) is 0 Å². The average Bonchev–Trinajstić information content (AvgIpc) is 2.66. The van der Waals surface area contributed by atoms with Crippen molar-refractivity contribution >= 4 is 0 Å². The van der Waals surface area contributed by atoms with Gasteiger partial charge in [0.1, 0.15) is 0 Å². The summed E-state index contributed by atoms with van der Waals surface area (Å²) in [5.74, 6) is 0. The van der Waals surface area contributed by atoms with Gasteiger partial charge in [-0.15, -0.1) is 0 Å². The van der Waals surface area contributed by atoms with Gasteiger partial charge in [-0.05, 0) is 24.9 Å². The molecule has 1 saturated heterocycles. The van der Waals surface area contributed by atoms with Gasteiger partial charge in [0, 0.05) is 5.56 Å². The van der Waals surface area contributed by atoms with Gasteiger partial charge in [0.15, 0.2) is 0 Å².